The minimum Gasteiger partial charge on any atom is -0.497 e. The number of carbonyl (C=O) groups is 1. The monoisotopic (exact) mass is 464 g/mol. The molecule has 7 nitrogen and oxygen atoms in total. The van der Waals surface area contributed by atoms with Gasteiger partial charge in [-0.2, -0.15) is 0 Å². The summed E-state index contributed by atoms with van der Waals surface area (Å²) in [6.45, 7) is 6.41. The maximum Gasteiger partial charge on any atom is 0.257 e. The highest BCUT2D eigenvalue weighted by Crippen LogP contribution is 2.29. The van der Waals surface area contributed by atoms with E-state index in [1.54, 1.807) is 38.5 Å². The number of rotatable bonds is 6. The summed E-state index contributed by atoms with van der Waals surface area (Å²) in [6.07, 6.45) is 0.785. The number of nitrogens with zero attached hydrogens (tertiary/aromatic N) is 4. The van der Waals surface area contributed by atoms with Crippen LogP contribution in [0.15, 0.2) is 42.5 Å². The predicted octanol–water partition coefficient (Wildman–Crippen LogP) is 4.13. The van der Waals surface area contributed by atoms with Crippen LogP contribution in [0, 0.1) is 12.7 Å². The summed E-state index contributed by atoms with van der Waals surface area (Å²) in [5.74, 6) is 2.09. The summed E-state index contributed by atoms with van der Waals surface area (Å²) >= 11 is 0. The van der Waals surface area contributed by atoms with Crippen LogP contribution in [0.25, 0.3) is 11.4 Å². The van der Waals surface area contributed by atoms with Gasteiger partial charge in [0, 0.05) is 49.1 Å². The SMILES string of the molecule is CCc1c(C)nc(-c2cccc(F)c2)nc1N1CCN(C(=O)c2ccc(OC)cc2OC)CC1. The third kappa shape index (κ3) is 4.66. The van der Waals surface area contributed by atoms with Gasteiger partial charge < -0.3 is 19.3 Å². The Morgan fingerprint density at radius 2 is 1.79 bits per heavy atom. The van der Waals surface area contributed by atoms with Gasteiger partial charge >= 0.3 is 0 Å². The summed E-state index contributed by atoms with van der Waals surface area (Å²) in [5.41, 5.74) is 3.11. The van der Waals surface area contributed by atoms with Crippen molar-refractivity contribution in [3.05, 3.63) is 65.1 Å². The molecule has 0 bridgehead atoms. The van der Waals surface area contributed by atoms with Crippen molar-refractivity contribution in [1.82, 2.24) is 14.9 Å². The quantitative estimate of drug-likeness (QED) is 0.546. The van der Waals surface area contributed by atoms with Gasteiger partial charge in [-0.25, -0.2) is 14.4 Å². The van der Waals surface area contributed by atoms with Crippen LogP contribution >= 0.6 is 0 Å². The number of ether oxygens (including phenoxy) is 2. The number of aromatic nitrogens is 2. The molecule has 0 radical (unpaired) electrons. The lowest BCUT2D eigenvalue weighted by Gasteiger charge is -2.36. The van der Waals surface area contributed by atoms with Gasteiger partial charge in [0.15, 0.2) is 5.82 Å². The Kier molecular flexibility index (Phi) is 6.95. The van der Waals surface area contributed by atoms with E-state index in [2.05, 4.69) is 16.8 Å². The fraction of sp³-hybridized carbons (Fsp3) is 0.346. The number of hydrogen-bond donors (Lipinski definition) is 0. The molecule has 4 rings (SSSR count). The normalized spacial score (nSPS) is 13.7. The second kappa shape index (κ2) is 10.1. The maximum absolute atomic E-state index is 13.8. The summed E-state index contributed by atoms with van der Waals surface area (Å²) in [5, 5.41) is 0. The van der Waals surface area contributed by atoms with Crippen LogP contribution in [-0.2, 0) is 6.42 Å². The van der Waals surface area contributed by atoms with Crippen LogP contribution in [0.5, 0.6) is 11.5 Å². The van der Waals surface area contributed by atoms with Gasteiger partial charge in [0.1, 0.15) is 23.1 Å². The Hall–Kier alpha value is -3.68. The summed E-state index contributed by atoms with van der Waals surface area (Å²) in [7, 11) is 3.12. The topological polar surface area (TPSA) is 67.8 Å². The Bertz CT molecular complexity index is 1190. The van der Waals surface area contributed by atoms with Crippen molar-refractivity contribution in [3.8, 4) is 22.9 Å². The Balaban J connectivity index is 1.56. The first-order valence-electron chi connectivity index (χ1n) is 11.3. The number of benzene rings is 2. The zero-order valence-corrected chi connectivity index (χ0v) is 20.0. The fourth-order valence-corrected chi connectivity index (χ4v) is 4.28. The van der Waals surface area contributed by atoms with E-state index in [4.69, 9.17) is 14.5 Å². The van der Waals surface area contributed by atoms with Gasteiger partial charge in [-0.05, 0) is 37.6 Å². The summed E-state index contributed by atoms with van der Waals surface area (Å²) in [4.78, 5) is 26.7. The molecule has 34 heavy (non-hydrogen) atoms. The molecule has 8 heteroatoms. The second-order valence-corrected chi connectivity index (χ2v) is 8.14. The molecule has 1 fully saturated rings. The minimum atomic E-state index is -0.319. The van der Waals surface area contributed by atoms with Crippen LogP contribution in [0.3, 0.4) is 0 Å². The zero-order valence-electron chi connectivity index (χ0n) is 20.0. The summed E-state index contributed by atoms with van der Waals surface area (Å²) < 4.78 is 24.4. The average Bonchev–Trinajstić information content (AvgIpc) is 2.87. The van der Waals surface area contributed by atoms with Gasteiger partial charge in [-0.3, -0.25) is 4.79 Å². The number of piperazine rings is 1. The number of amides is 1. The van der Waals surface area contributed by atoms with E-state index in [1.165, 1.54) is 12.1 Å². The number of hydrogen-bond acceptors (Lipinski definition) is 6. The van der Waals surface area contributed by atoms with Gasteiger partial charge in [0.2, 0.25) is 0 Å². The van der Waals surface area contributed by atoms with Gasteiger partial charge in [0.05, 0.1) is 19.8 Å². The van der Waals surface area contributed by atoms with E-state index >= 15 is 0 Å². The van der Waals surface area contributed by atoms with Crippen molar-refractivity contribution in [2.45, 2.75) is 20.3 Å². The average molecular weight is 465 g/mol. The molecule has 0 unspecified atom stereocenters. The molecule has 0 atom stereocenters. The van der Waals surface area contributed by atoms with Crippen LogP contribution in [0.2, 0.25) is 0 Å². The standard InChI is InChI=1S/C26H29FN4O3/c1-5-21-17(2)28-24(18-7-6-8-19(27)15-18)29-25(21)30-11-13-31(14-12-30)26(32)22-10-9-20(33-3)16-23(22)34-4/h6-10,15-16H,5,11-14H2,1-4H3. The van der Waals surface area contributed by atoms with Crippen molar-refractivity contribution < 1.29 is 18.7 Å². The van der Waals surface area contributed by atoms with Crippen LogP contribution in [-0.4, -0.2) is 61.2 Å². The molecule has 3 aromatic rings. The highest BCUT2D eigenvalue weighted by atomic mass is 19.1. The van der Waals surface area contributed by atoms with Crippen molar-refractivity contribution in [3.63, 3.8) is 0 Å². The maximum atomic E-state index is 13.8. The highest BCUT2D eigenvalue weighted by molar-refractivity contribution is 5.97. The number of halogens is 1. The Morgan fingerprint density at radius 3 is 2.44 bits per heavy atom. The van der Waals surface area contributed by atoms with E-state index in [0.717, 1.165) is 23.5 Å². The molecule has 1 amide bonds. The van der Waals surface area contributed by atoms with Crippen molar-refractivity contribution in [2.24, 2.45) is 0 Å². The van der Waals surface area contributed by atoms with E-state index in [9.17, 15) is 9.18 Å². The molecular weight excluding hydrogens is 435 g/mol. The van der Waals surface area contributed by atoms with E-state index in [1.807, 2.05) is 17.9 Å². The largest absolute Gasteiger partial charge is 0.497 e. The van der Waals surface area contributed by atoms with Gasteiger partial charge in [-0.1, -0.05) is 19.1 Å². The zero-order chi connectivity index (χ0) is 24.2. The molecule has 0 spiro atoms. The molecule has 0 N–H and O–H groups in total. The molecule has 2 aromatic carbocycles. The predicted molar refractivity (Wildman–Crippen MR) is 129 cm³/mol. The molecule has 0 aliphatic carbocycles. The Labute approximate surface area is 199 Å². The van der Waals surface area contributed by atoms with Crippen LogP contribution in [0.1, 0.15) is 28.5 Å². The number of anilines is 1. The third-order valence-corrected chi connectivity index (χ3v) is 6.13. The van der Waals surface area contributed by atoms with Crippen molar-refractivity contribution in [1.29, 1.82) is 0 Å². The van der Waals surface area contributed by atoms with E-state index in [-0.39, 0.29) is 11.7 Å². The lowest BCUT2D eigenvalue weighted by atomic mass is 10.1. The lowest BCUT2D eigenvalue weighted by Crippen LogP contribution is -2.49. The molecule has 1 aliphatic rings. The third-order valence-electron chi connectivity index (χ3n) is 6.13. The molecule has 1 aliphatic heterocycles. The Morgan fingerprint density at radius 1 is 1.03 bits per heavy atom. The van der Waals surface area contributed by atoms with Gasteiger partial charge in [0.25, 0.3) is 5.91 Å². The smallest absolute Gasteiger partial charge is 0.257 e. The second-order valence-electron chi connectivity index (χ2n) is 8.14. The molecule has 2 heterocycles. The first kappa shape index (κ1) is 23.5. The number of aryl methyl sites for hydroxylation is 1. The van der Waals surface area contributed by atoms with E-state index < -0.39 is 0 Å². The molecule has 1 saturated heterocycles. The van der Waals surface area contributed by atoms with E-state index in [0.29, 0.717) is 54.6 Å². The molecule has 0 saturated carbocycles. The lowest BCUT2D eigenvalue weighted by molar-refractivity contribution is 0.0743. The van der Waals surface area contributed by atoms with Crippen LogP contribution < -0.4 is 14.4 Å². The minimum absolute atomic E-state index is 0.0748. The first-order chi connectivity index (χ1) is 16.4. The highest BCUT2D eigenvalue weighted by Gasteiger charge is 2.27. The van der Waals surface area contributed by atoms with Crippen molar-refractivity contribution in [2.75, 3.05) is 45.3 Å². The summed E-state index contributed by atoms with van der Waals surface area (Å²) in [6, 6.07) is 11.5. The number of carbonyl (C=O) groups excluding carboxylic acids is 1. The fourth-order valence-electron chi connectivity index (χ4n) is 4.28. The molecular formula is C26H29FN4O3. The van der Waals surface area contributed by atoms with Crippen LogP contribution in [0.4, 0.5) is 10.2 Å². The first-order valence-corrected chi connectivity index (χ1v) is 11.3. The molecule has 178 valence electrons. The molecule has 1 aromatic heterocycles. The number of methoxy groups -OCH3 is 2. The van der Waals surface area contributed by atoms with Gasteiger partial charge in [-0.15, -0.1) is 0 Å². The van der Waals surface area contributed by atoms with Crippen molar-refractivity contribution >= 4 is 11.7 Å².